The number of hydrazine groups is 1. The Hall–Kier alpha value is -2.97. The molecule has 1 heterocycles. The molecule has 2 amide bonds. The third-order valence-corrected chi connectivity index (χ3v) is 3.92. The molecule has 0 aromatic heterocycles. The number of benzene rings is 1. The summed E-state index contributed by atoms with van der Waals surface area (Å²) in [7, 11) is -2.80. The number of carbonyl (C=O) groups excluding carboxylic acids is 1. The van der Waals surface area contributed by atoms with Crippen molar-refractivity contribution in [2.45, 2.75) is 6.92 Å². The van der Waals surface area contributed by atoms with Crippen LogP contribution >= 0.6 is 11.6 Å². The first kappa shape index (κ1) is 19.4. The van der Waals surface area contributed by atoms with Crippen molar-refractivity contribution < 1.29 is 17.9 Å². The molecule has 0 spiro atoms. The highest BCUT2D eigenvalue weighted by Crippen LogP contribution is 2.14. The number of nitrogens with zero attached hydrogens (tertiary/aromatic N) is 3. The molecule has 138 valence electrons. The van der Waals surface area contributed by atoms with E-state index in [1.165, 1.54) is 13.2 Å². The van der Waals surface area contributed by atoms with Crippen LogP contribution in [0.1, 0.15) is 12.5 Å². The van der Waals surface area contributed by atoms with Gasteiger partial charge in [-0.25, -0.2) is 14.9 Å². The molecule has 0 saturated heterocycles. The van der Waals surface area contributed by atoms with E-state index in [-0.39, 0.29) is 12.2 Å². The van der Waals surface area contributed by atoms with E-state index in [4.69, 9.17) is 16.3 Å². The number of hydrogen-bond donors (Lipinski definition) is 3. The smallest absolute Gasteiger partial charge is 0.349 e. The Morgan fingerprint density at radius 2 is 2.12 bits per heavy atom. The highest BCUT2D eigenvalue weighted by atomic mass is 35.5. The predicted octanol–water partition coefficient (Wildman–Crippen LogP) is 0.799. The number of carbonyl (C=O) groups is 1. The molecule has 3 N–H and O–H groups in total. The van der Waals surface area contributed by atoms with Gasteiger partial charge in [-0.15, -0.1) is 5.10 Å². The minimum atomic E-state index is -4.22. The van der Waals surface area contributed by atoms with E-state index in [0.717, 1.165) is 5.12 Å². The fraction of sp³-hybridized carbons (Fsp3) is 0.214. The molecule has 0 bridgehead atoms. The van der Waals surface area contributed by atoms with Crippen molar-refractivity contribution in [2.75, 3.05) is 18.4 Å². The highest BCUT2D eigenvalue weighted by Gasteiger charge is 2.20. The summed E-state index contributed by atoms with van der Waals surface area (Å²) in [5, 5.41) is 7.19. The molecule has 1 aliphatic rings. The summed E-state index contributed by atoms with van der Waals surface area (Å²) in [6.45, 7) is 1.64. The lowest BCUT2D eigenvalue weighted by Crippen LogP contribution is -2.50. The largest absolute Gasteiger partial charge is 0.483 e. The van der Waals surface area contributed by atoms with Crippen molar-refractivity contribution >= 4 is 45.3 Å². The summed E-state index contributed by atoms with van der Waals surface area (Å²) in [6, 6.07) is 5.30. The van der Waals surface area contributed by atoms with Crippen molar-refractivity contribution in [3.63, 3.8) is 0 Å². The van der Waals surface area contributed by atoms with E-state index in [2.05, 4.69) is 31.5 Å². The molecular weight excluding hydrogens is 384 g/mol. The van der Waals surface area contributed by atoms with Crippen molar-refractivity contribution in [1.29, 1.82) is 0 Å². The number of rotatable bonds is 4. The topological polar surface area (TPSA) is 124 Å². The molecule has 0 unspecified atom stereocenters. The number of anilines is 1. The minimum Gasteiger partial charge on any atom is -0.483 e. The van der Waals surface area contributed by atoms with Crippen LogP contribution in [-0.4, -0.2) is 45.0 Å². The van der Waals surface area contributed by atoms with Gasteiger partial charge in [0.25, 0.3) is 0 Å². The van der Waals surface area contributed by atoms with Gasteiger partial charge in [0.05, 0.1) is 12.8 Å². The number of halogens is 1. The van der Waals surface area contributed by atoms with Crippen molar-refractivity contribution in [3.05, 3.63) is 29.8 Å². The fourth-order valence-electron chi connectivity index (χ4n) is 1.92. The molecule has 10 nitrogen and oxygen atoms in total. The van der Waals surface area contributed by atoms with Crippen LogP contribution in [-0.2, 0) is 14.9 Å². The van der Waals surface area contributed by atoms with Gasteiger partial charge in [-0.05, 0) is 36.6 Å². The van der Waals surface area contributed by atoms with Crippen molar-refractivity contribution in [3.8, 4) is 11.3 Å². The van der Waals surface area contributed by atoms with Crippen LogP contribution in [0.2, 0.25) is 0 Å². The van der Waals surface area contributed by atoms with Crippen LogP contribution in [0.4, 0.5) is 10.5 Å². The lowest BCUT2D eigenvalue weighted by Gasteiger charge is -2.23. The summed E-state index contributed by atoms with van der Waals surface area (Å²) < 4.78 is 33.3. The second kappa shape index (κ2) is 8.41. The van der Waals surface area contributed by atoms with Gasteiger partial charge < -0.3 is 4.74 Å². The van der Waals surface area contributed by atoms with Crippen LogP contribution < -0.4 is 14.9 Å². The number of amides is 2. The average Bonchev–Trinajstić information content (AvgIpc) is 2.55. The zero-order chi connectivity index (χ0) is 19.2. The third-order valence-electron chi connectivity index (χ3n) is 2.88. The SMILES string of the molecule is COC1=NC(C)=NN(NC(=O)NS(=O)(=O)Nc2ccccc2C#CCl)C1. The summed E-state index contributed by atoms with van der Waals surface area (Å²) in [5.41, 5.74) is 2.78. The number of nitrogens with one attached hydrogen (secondary N) is 3. The van der Waals surface area contributed by atoms with Gasteiger partial charge in [-0.3, -0.25) is 4.72 Å². The Kier molecular flexibility index (Phi) is 6.26. The summed E-state index contributed by atoms with van der Waals surface area (Å²) >= 11 is 5.35. The average molecular weight is 399 g/mol. The van der Waals surface area contributed by atoms with Gasteiger partial charge >= 0.3 is 16.2 Å². The first-order valence-corrected chi connectivity index (χ1v) is 8.95. The number of amidine groups is 1. The number of methoxy groups -OCH3 is 1. The van der Waals surface area contributed by atoms with Gasteiger partial charge in [0.15, 0.2) is 5.84 Å². The van der Waals surface area contributed by atoms with Crippen molar-refractivity contribution in [2.24, 2.45) is 10.1 Å². The molecule has 0 aliphatic carbocycles. The second-order valence-corrected chi connectivity index (χ2v) is 6.43. The van der Waals surface area contributed by atoms with E-state index in [1.54, 1.807) is 25.1 Å². The number of aliphatic imine (C=N–C) groups is 1. The molecule has 26 heavy (non-hydrogen) atoms. The second-order valence-electron chi connectivity index (χ2n) is 4.83. The Morgan fingerprint density at radius 3 is 2.81 bits per heavy atom. The Bertz CT molecular complexity index is 919. The molecular formula is C14H15ClN6O4S. The summed E-state index contributed by atoms with van der Waals surface area (Å²) in [5.74, 6) is 3.19. The fourth-order valence-corrected chi connectivity index (χ4v) is 2.83. The molecule has 2 rings (SSSR count). The molecule has 12 heteroatoms. The zero-order valence-electron chi connectivity index (χ0n) is 13.8. The number of urea groups is 1. The normalized spacial score (nSPS) is 13.6. The molecule has 0 saturated carbocycles. The lowest BCUT2D eigenvalue weighted by molar-refractivity contribution is 0.191. The lowest BCUT2D eigenvalue weighted by atomic mass is 10.2. The molecule has 1 aromatic carbocycles. The Morgan fingerprint density at radius 1 is 1.38 bits per heavy atom. The molecule has 1 aromatic rings. The summed E-state index contributed by atoms with van der Waals surface area (Å²) in [4.78, 5) is 15.9. The number of hydrazone groups is 1. The van der Waals surface area contributed by atoms with E-state index < -0.39 is 16.2 Å². The maximum Gasteiger partial charge on any atom is 0.349 e. The van der Waals surface area contributed by atoms with Crippen LogP contribution in [0.3, 0.4) is 0 Å². The number of hydrogen-bond acceptors (Lipinski definition) is 7. The highest BCUT2D eigenvalue weighted by molar-refractivity contribution is 7.91. The Labute approximate surface area is 155 Å². The van der Waals surface area contributed by atoms with Crippen LogP contribution in [0.5, 0.6) is 0 Å². The van der Waals surface area contributed by atoms with Gasteiger partial charge in [-0.2, -0.15) is 18.5 Å². The molecule has 0 atom stereocenters. The monoisotopic (exact) mass is 398 g/mol. The van der Waals surface area contributed by atoms with Crippen molar-refractivity contribution in [1.82, 2.24) is 15.3 Å². The van der Waals surface area contributed by atoms with E-state index in [0.29, 0.717) is 17.3 Å². The molecule has 0 radical (unpaired) electrons. The summed E-state index contributed by atoms with van der Waals surface area (Å²) in [6.07, 6.45) is 0. The van der Waals surface area contributed by atoms with E-state index in [1.807, 2.05) is 4.72 Å². The van der Waals surface area contributed by atoms with Gasteiger partial charge in [-0.1, -0.05) is 12.1 Å². The first-order valence-electron chi connectivity index (χ1n) is 7.09. The van der Waals surface area contributed by atoms with Gasteiger partial charge in [0.1, 0.15) is 6.54 Å². The van der Waals surface area contributed by atoms with Crippen LogP contribution in [0.25, 0.3) is 0 Å². The van der Waals surface area contributed by atoms with Gasteiger partial charge in [0, 0.05) is 10.9 Å². The minimum absolute atomic E-state index is 0.0445. The number of ether oxygens (including phenoxy) is 1. The third kappa shape index (κ3) is 5.54. The molecule has 1 aliphatic heterocycles. The Balaban J connectivity index is 2.02. The van der Waals surface area contributed by atoms with Gasteiger partial charge in [0.2, 0.25) is 5.90 Å². The van der Waals surface area contributed by atoms with E-state index in [9.17, 15) is 13.2 Å². The predicted molar refractivity (Wildman–Crippen MR) is 97.6 cm³/mol. The zero-order valence-corrected chi connectivity index (χ0v) is 15.3. The standard InChI is InChI=1S/C14H15ClN6O4S/c1-10-16-13(25-2)9-21(17-10)18-14(22)20-26(23,24)19-12-6-4-3-5-11(12)7-8-15/h3-6,19H,9H2,1-2H3,(H2,18,20,22). The van der Waals surface area contributed by atoms with Crippen LogP contribution in [0.15, 0.2) is 34.4 Å². The quantitative estimate of drug-likeness (QED) is 0.647. The van der Waals surface area contributed by atoms with E-state index >= 15 is 0 Å². The maximum absolute atomic E-state index is 12.1. The number of para-hydroxylation sites is 1. The maximum atomic E-state index is 12.1. The van der Waals surface area contributed by atoms with Crippen LogP contribution in [0, 0.1) is 11.3 Å². The molecule has 0 fully saturated rings. The first-order chi connectivity index (χ1) is 12.3.